The Morgan fingerprint density at radius 2 is 1.84 bits per heavy atom. The highest BCUT2D eigenvalue weighted by molar-refractivity contribution is 5.81. The summed E-state index contributed by atoms with van der Waals surface area (Å²) in [6.45, 7) is 3.22. The van der Waals surface area contributed by atoms with Crippen LogP contribution < -0.4 is 5.32 Å². The van der Waals surface area contributed by atoms with Crippen LogP contribution >= 0.6 is 0 Å². The molecule has 7 heteroatoms. The van der Waals surface area contributed by atoms with E-state index in [4.69, 9.17) is 10.00 Å². The van der Waals surface area contributed by atoms with Gasteiger partial charge in [0.05, 0.1) is 11.6 Å². The Labute approximate surface area is 147 Å². The molecule has 2 saturated heterocycles. The molecule has 2 aliphatic heterocycles. The van der Waals surface area contributed by atoms with Crippen LogP contribution in [0.15, 0.2) is 24.3 Å². The summed E-state index contributed by atoms with van der Waals surface area (Å²) in [5.41, 5.74) is 1.54. The SMILES string of the molecule is N#Cc1ccc(CNC(=O)N2CCN(C(=O)C3CCCO3)CC2)cc1. The molecule has 0 radical (unpaired) electrons. The van der Waals surface area contributed by atoms with E-state index in [9.17, 15) is 9.59 Å². The van der Waals surface area contributed by atoms with Gasteiger partial charge in [0.25, 0.3) is 5.91 Å². The zero-order valence-corrected chi connectivity index (χ0v) is 14.1. The van der Waals surface area contributed by atoms with E-state index in [1.54, 1.807) is 21.9 Å². The molecule has 1 aromatic rings. The number of hydrogen-bond acceptors (Lipinski definition) is 4. The van der Waals surface area contributed by atoms with Crippen molar-refractivity contribution in [1.82, 2.24) is 15.1 Å². The van der Waals surface area contributed by atoms with Crippen molar-refractivity contribution in [2.75, 3.05) is 32.8 Å². The first-order valence-electron chi connectivity index (χ1n) is 8.59. The molecule has 0 spiro atoms. The van der Waals surface area contributed by atoms with E-state index in [1.807, 2.05) is 12.1 Å². The fraction of sp³-hybridized carbons (Fsp3) is 0.500. The quantitative estimate of drug-likeness (QED) is 0.891. The Balaban J connectivity index is 1.43. The van der Waals surface area contributed by atoms with Crippen molar-refractivity contribution in [2.45, 2.75) is 25.5 Å². The molecular weight excluding hydrogens is 320 g/mol. The van der Waals surface area contributed by atoms with Gasteiger partial charge in [-0.3, -0.25) is 4.79 Å². The lowest BCUT2D eigenvalue weighted by atomic mass is 10.1. The number of urea groups is 1. The van der Waals surface area contributed by atoms with Gasteiger partial charge in [0.2, 0.25) is 0 Å². The Morgan fingerprint density at radius 1 is 1.16 bits per heavy atom. The summed E-state index contributed by atoms with van der Waals surface area (Å²) < 4.78 is 5.44. The summed E-state index contributed by atoms with van der Waals surface area (Å²) in [4.78, 5) is 28.1. The predicted octanol–water partition coefficient (Wildman–Crippen LogP) is 1.09. The van der Waals surface area contributed by atoms with Crippen molar-refractivity contribution in [3.63, 3.8) is 0 Å². The number of amides is 3. The van der Waals surface area contributed by atoms with Crippen LogP contribution in [0.25, 0.3) is 0 Å². The largest absolute Gasteiger partial charge is 0.368 e. The molecule has 1 N–H and O–H groups in total. The molecule has 25 heavy (non-hydrogen) atoms. The fourth-order valence-electron chi connectivity index (χ4n) is 3.09. The van der Waals surface area contributed by atoms with Gasteiger partial charge >= 0.3 is 6.03 Å². The van der Waals surface area contributed by atoms with E-state index in [1.165, 1.54) is 0 Å². The van der Waals surface area contributed by atoms with Crippen molar-refractivity contribution < 1.29 is 14.3 Å². The number of carbonyl (C=O) groups is 2. The van der Waals surface area contributed by atoms with Gasteiger partial charge in [-0.25, -0.2) is 4.79 Å². The summed E-state index contributed by atoms with van der Waals surface area (Å²) in [7, 11) is 0. The molecule has 0 bridgehead atoms. The number of piperazine rings is 1. The number of nitrogens with zero attached hydrogens (tertiary/aromatic N) is 3. The second-order valence-electron chi connectivity index (χ2n) is 6.28. The highest BCUT2D eigenvalue weighted by Crippen LogP contribution is 2.16. The van der Waals surface area contributed by atoms with E-state index in [2.05, 4.69) is 11.4 Å². The van der Waals surface area contributed by atoms with E-state index in [0.717, 1.165) is 18.4 Å². The number of carbonyl (C=O) groups excluding carboxylic acids is 2. The third-order valence-electron chi connectivity index (χ3n) is 4.61. The Bertz CT molecular complexity index is 654. The highest BCUT2D eigenvalue weighted by atomic mass is 16.5. The lowest BCUT2D eigenvalue weighted by molar-refractivity contribution is -0.142. The molecular formula is C18H22N4O3. The predicted molar refractivity (Wildman–Crippen MR) is 90.5 cm³/mol. The molecule has 3 rings (SSSR count). The van der Waals surface area contributed by atoms with Gasteiger partial charge in [0, 0.05) is 39.3 Å². The van der Waals surface area contributed by atoms with E-state index >= 15 is 0 Å². The zero-order valence-electron chi connectivity index (χ0n) is 14.1. The molecule has 1 atom stereocenters. The van der Waals surface area contributed by atoms with Gasteiger partial charge in [-0.05, 0) is 30.5 Å². The van der Waals surface area contributed by atoms with Gasteiger partial charge < -0.3 is 19.9 Å². The molecule has 0 aliphatic carbocycles. The fourth-order valence-corrected chi connectivity index (χ4v) is 3.09. The third-order valence-corrected chi connectivity index (χ3v) is 4.61. The number of nitrogens with one attached hydrogen (secondary N) is 1. The summed E-state index contributed by atoms with van der Waals surface area (Å²) >= 11 is 0. The Morgan fingerprint density at radius 3 is 2.44 bits per heavy atom. The van der Waals surface area contributed by atoms with Gasteiger partial charge in [-0.1, -0.05) is 12.1 Å². The van der Waals surface area contributed by atoms with Gasteiger partial charge in [-0.2, -0.15) is 5.26 Å². The van der Waals surface area contributed by atoms with Crippen LogP contribution in [0, 0.1) is 11.3 Å². The average Bonchev–Trinajstić information content (AvgIpc) is 3.21. The van der Waals surface area contributed by atoms with Crippen LogP contribution in [0.1, 0.15) is 24.0 Å². The number of hydrogen-bond donors (Lipinski definition) is 1. The minimum absolute atomic E-state index is 0.0511. The van der Waals surface area contributed by atoms with E-state index in [-0.39, 0.29) is 18.0 Å². The molecule has 0 aromatic heterocycles. The van der Waals surface area contributed by atoms with Crippen LogP contribution in [0.5, 0.6) is 0 Å². The number of benzene rings is 1. The monoisotopic (exact) mass is 342 g/mol. The molecule has 1 unspecified atom stereocenters. The van der Waals surface area contributed by atoms with Crippen LogP contribution in [0.3, 0.4) is 0 Å². The first-order valence-corrected chi connectivity index (χ1v) is 8.59. The Kier molecular flexibility index (Phi) is 5.51. The highest BCUT2D eigenvalue weighted by Gasteiger charge is 2.31. The molecule has 0 saturated carbocycles. The summed E-state index contributed by atoms with van der Waals surface area (Å²) in [5, 5.41) is 11.7. The minimum atomic E-state index is -0.295. The molecule has 2 heterocycles. The summed E-state index contributed by atoms with van der Waals surface area (Å²) in [5.74, 6) is 0.0511. The normalized spacial score (nSPS) is 20.2. The second kappa shape index (κ2) is 7.99. The van der Waals surface area contributed by atoms with Crippen molar-refractivity contribution in [2.24, 2.45) is 0 Å². The lowest BCUT2D eigenvalue weighted by Crippen LogP contribution is -2.54. The molecule has 2 aliphatic rings. The van der Waals surface area contributed by atoms with Crippen LogP contribution in [-0.4, -0.2) is 60.6 Å². The third kappa shape index (κ3) is 4.28. The minimum Gasteiger partial charge on any atom is -0.368 e. The van der Waals surface area contributed by atoms with E-state index < -0.39 is 0 Å². The van der Waals surface area contributed by atoms with Crippen molar-refractivity contribution in [1.29, 1.82) is 5.26 Å². The van der Waals surface area contributed by atoms with Crippen molar-refractivity contribution >= 4 is 11.9 Å². The smallest absolute Gasteiger partial charge is 0.317 e. The topological polar surface area (TPSA) is 85.7 Å². The molecule has 132 valence electrons. The second-order valence-corrected chi connectivity index (χ2v) is 6.28. The van der Waals surface area contributed by atoms with Crippen molar-refractivity contribution in [3.05, 3.63) is 35.4 Å². The molecule has 7 nitrogen and oxygen atoms in total. The molecule has 2 fully saturated rings. The maximum absolute atomic E-state index is 12.3. The molecule has 1 aromatic carbocycles. The Hall–Kier alpha value is -2.59. The molecule has 3 amide bonds. The van der Waals surface area contributed by atoms with Gasteiger partial charge in [-0.15, -0.1) is 0 Å². The maximum Gasteiger partial charge on any atom is 0.317 e. The van der Waals surface area contributed by atoms with E-state index in [0.29, 0.717) is 44.9 Å². The summed E-state index contributed by atoms with van der Waals surface area (Å²) in [6.07, 6.45) is 1.44. The van der Waals surface area contributed by atoms with Crippen molar-refractivity contribution in [3.8, 4) is 6.07 Å². The summed E-state index contributed by atoms with van der Waals surface area (Å²) in [6, 6.07) is 9.06. The first kappa shape index (κ1) is 17.2. The zero-order chi connectivity index (χ0) is 17.6. The lowest BCUT2D eigenvalue weighted by Gasteiger charge is -2.35. The average molecular weight is 342 g/mol. The number of rotatable bonds is 3. The van der Waals surface area contributed by atoms with Crippen LogP contribution in [0.4, 0.5) is 4.79 Å². The van der Waals surface area contributed by atoms with Gasteiger partial charge in [0.15, 0.2) is 0 Å². The van der Waals surface area contributed by atoms with Gasteiger partial charge in [0.1, 0.15) is 6.10 Å². The van der Waals surface area contributed by atoms with Crippen LogP contribution in [0.2, 0.25) is 0 Å². The standard InChI is InChI=1S/C18H22N4O3/c19-12-14-3-5-15(6-4-14)13-20-18(24)22-9-7-21(8-10-22)17(23)16-2-1-11-25-16/h3-6,16H,1-2,7-11,13H2,(H,20,24). The van der Waals surface area contributed by atoms with Crippen LogP contribution in [-0.2, 0) is 16.1 Å². The first-order chi connectivity index (χ1) is 12.2. The maximum atomic E-state index is 12.3. The number of nitriles is 1. The number of ether oxygens (including phenoxy) is 1.